The largest absolute Gasteiger partial charge is 0.339 e. The van der Waals surface area contributed by atoms with E-state index in [9.17, 15) is 4.79 Å². The Morgan fingerprint density at radius 3 is 3.03 bits per heavy atom. The topological polar surface area (TPSA) is 109 Å². The zero-order valence-electron chi connectivity index (χ0n) is 16.3. The van der Waals surface area contributed by atoms with Gasteiger partial charge in [-0.1, -0.05) is 6.07 Å². The average Bonchev–Trinajstić information content (AvgIpc) is 3.20. The number of hydrogen-bond donors (Lipinski definition) is 1. The highest BCUT2D eigenvalue weighted by Crippen LogP contribution is 2.27. The van der Waals surface area contributed by atoms with Crippen molar-refractivity contribution in [1.29, 1.82) is 10.5 Å². The van der Waals surface area contributed by atoms with Gasteiger partial charge in [0.1, 0.15) is 11.5 Å². The van der Waals surface area contributed by atoms with Crippen molar-refractivity contribution >= 4 is 28.2 Å². The maximum absolute atomic E-state index is 12.4. The van der Waals surface area contributed by atoms with Gasteiger partial charge in [0, 0.05) is 37.1 Å². The van der Waals surface area contributed by atoms with Crippen LogP contribution < -0.4 is 5.32 Å². The number of rotatable bonds is 7. The predicted molar refractivity (Wildman–Crippen MR) is 111 cm³/mol. The molecule has 1 fully saturated rings. The third kappa shape index (κ3) is 5.50. The maximum Gasteiger partial charge on any atom is 0.273 e. The van der Waals surface area contributed by atoms with E-state index in [-0.39, 0.29) is 5.91 Å². The monoisotopic (exact) mass is 409 g/mol. The van der Waals surface area contributed by atoms with Crippen LogP contribution in [0.15, 0.2) is 23.6 Å². The van der Waals surface area contributed by atoms with Crippen molar-refractivity contribution < 1.29 is 4.79 Å². The van der Waals surface area contributed by atoms with Crippen LogP contribution in [0.3, 0.4) is 0 Å². The van der Waals surface area contributed by atoms with Crippen LogP contribution in [0.5, 0.6) is 0 Å². The summed E-state index contributed by atoms with van der Waals surface area (Å²) < 4.78 is 0. The van der Waals surface area contributed by atoms with Crippen LogP contribution in [-0.4, -0.2) is 58.9 Å². The molecular formula is C20H23N7OS. The highest BCUT2D eigenvalue weighted by molar-refractivity contribution is 7.14. The van der Waals surface area contributed by atoms with E-state index in [1.807, 2.05) is 24.3 Å². The summed E-state index contributed by atoms with van der Waals surface area (Å²) in [6.07, 6.45) is 2.41. The van der Waals surface area contributed by atoms with Crippen molar-refractivity contribution in [1.82, 2.24) is 19.8 Å². The molecule has 2 aromatic rings. The van der Waals surface area contributed by atoms with Gasteiger partial charge in [-0.2, -0.15) is 10.5 Å². The molecular weight excluding hydrogens is 386 g/mol. The fraction of sp³-hybridized carbons (Fsp3) is 0.450. The molecule has 0 aliphatic carbocycles. The summed E-state index contributed by atoms with van der Waals surface area (Å²) in [6, 6.07) is 10.1. The molecule has 0 aromatic carbocycles. The lowest BCUT2D eigenvalue weighted by Gasteiger charge is -2.30. The smallest absolute Gasteiger partial charge is 0.273 e. The number of anilines is 2. The summed E-state index contributed by atoms with van der Waals surface area (Å²) in [5.41, 5.74) is 1.36. The second kappa shape index (κ2) is 9.97. The minimum atomic E-state index is -0.203. The Labute approximate surface area is 174 Å². The molecule has 0 spiro atoms. The quantitative estimate of drug-likeness (QED) is 0.700. The number of hydrogen-bond acceptors (Lipinski definition) is 8. The van der Waals surface area contributed by atoms with Gasteiger partial charge in [0.25, 0.3) is 5.91 Å². The number of nitrogens with one attached hydrogen (secondary N) is 1. The Morgan fingerprint density at radius 1 is 1.38 bits per heavy atom. The number of aromatic nitrogens is 2. The van der Waals surface area contributed by atoms with Gasteiger partial charge in [0.05, 0.1) is 25.1 Å². The molecule has 9 heteroatoms. The second-order valence-electron chi connectivity index (χ2n) is 6.98. The minimum absolute atomic E-state index is 0.203. The molecule has 0 radical (unpaired) electrons. The highest BCUT2D eigenvalue weighted by Gasteiger charge is 2.22. The molecule has 0 saturated carbocycles. The van der Waals surface area contributed by atoms with Crippen molar-refractivity contribution in [3.63, 3.8) is 0 Å². The molecule has 0 bridgehead atoms. The summed E-state index contributed by atoms with van der Waals surface area (Å²) in [5.74, 6) is 0.790. The summed E-state index contributed by atoms with van der Waals surface area (Å²) >= 11 is 1.34. The van der Waals surface area contributed by atoms with Crippen LogP contribution in [0, 0.1) is 22.7 Å². The Balaban J connectivity index is 1.65. The molecule has 1 amide bonds. The standard InChI is InChI=1S/C20H23N7OS/c1-26(10-4-8-21)19(28)17-14-29-20(24-17)25-18-7-2-6-16(23-18)15-5-3-11-27(13-15)12-9-22/h2,6-7,14-15H,3-5,10-13H2,1H3,(H,23,24,25)/t15-/m0/s1. The highest BCUT2D eigenvalue weighted by atomic mass is 32.1. The van der Waals surface area contributed by atoms with Gasteiger partial charge in [-0.3, -0.25) is 9.69 Å². The first-order chi connectivity index (χ1) is 14.1. The number of thiazole rings is 1. The van der Waals surface area contributed by atoms with Gasteiger partial charge in [-0.05, 0) is 31.5 Å². The first-order valence-corrected chi connectivity index (χ1v) is 10.4. The van der Waals surface area contributed by atoms with E-state index in [0.717, 1.165) is 31.6 Å². The summed E-state index contributed by atoms with van der Waals surface area (Å²) in [5, 5.41) is 23.1. The molecule has 150 valence electrons. The van der Waals surface area contributed by atoms with Gasteiger partial charge in [-0.15, -0.1) is 11.3 Å². The predicted octanol–water partition coefficient (Wildman–Crippen LogP) is 2.97. The Kier molecular flexibility index (Phi) is 7.12. The number of carbonyl (C=O) groups excluding carboxylic acids is 1. The summed E-state index contributed by atoms with van der Waals surface area (Å²) in [4.78, 5) is 25.1. The van der Waals surface area contributed by atoms with Gasteiger partial charge >= 0.3 is 0 Å². The number of nitriles is 2. The third-order valence-electron chi connectivity index (χ3n) is 4.85. The average molecular weight is 410 g/mol. The molecule has 1 aliphatic heterocycles. The van der Waals surface area contributed by atoms with Crippen molar-refractivity contribution in [2.45, 2.75) is 25.2 Å². The lowest BCUT2D eigenvalue weighted by molar-refractivity contribution is 0.0793. The molecule has 1 saturated heterocycles. The van der Waals surface area contributed by atoms with Crippen molar-refractivity contribution in [3.8, 4) is 12.1 Å². The molecule has 1 aliphatic rings. The van der Waals surface area contributed by atoms with Gasteiger partial charge < -0.3 is 10.2 Å². The molecule has 1 atom stereocenters. The number of amides is 1. The molecule has 1 N–H and O–H groups in total. The number of carbonyl (C=O) groups is 1. The maximum atomic E-state index is 12.4. The van der Waals surface area contributed by atoms with E-state index in [1.54, 1.807) is 12.4 Å². The summed E-state index contributed by atoms with van der Waals surface area (Å²) in [6.45, 7) is 2.63. The van der Waals surface area contributed by atoms with Gasteiger partial charge in [-0.25, -0.2) is 9.97 Å². The van der Waals surface area contributed by atoms with E-state index in [0.29, 0.717) is 42.1 Å². The van der Waals surface area contributed by atoms with Crippen LogP contribution in [0.25, 0.3) is 0 Å². The Bertz CT molecular complexity index is 929. The number of piperidine rings is 1. The van der Waals surface area contributed by atoms with E-state index in [2.05, 4.69) is 21.3 Å². The normalized spacial score (nSPS) is 16.6. The number of nitrogens with zero attached hydrogens (tertiary/aromatic N) is 6. The van der Waals surface area contributed by atoms with Crippen LogP contribution in [0.1, 0.15) is 41.4 Å². The van der Waals surface area contributed by atoms with E-state index in [1.165, 1.54) is 16.2 Å². The summed E-state index contributed by atoms with van der Waals surface area (Å²) in [7, 11) is 1.66. The SMILES string of the molecule is CN(CCC#N)C(=O)c1csc(Nc2cccc([C@H]3CCCN(CC#N)C3)n2)n1. The van der Waals surface area contributed by atoms with Gasteiger partial charge in [0.15, 0.2) is 5.13 Å². The first-order valence-electron chi connectivity index (χ1n) is 9.52. The van der Waals surface area contributed by atoms with E-state index < -0.39 is 0 Å². The first kappa shape index (κ1) is 20.7. The van der Waals surface area contributed by atoms with Crippen LogP contribution in [0.2, 0.25) is 0 Å². The van der Waals surface area contributed by atoms with E-state index in [4.69, 9.17) is 15.5 Å². The van der Waals surface area contributed by atoms with Gasteiger partial charge in [0.2, 0.25) is 0 Å². The molecule has 3 heterocycles. The van der Waals surface area contributed by atoms with Crippen LogP contribution >= 0.6 is 11.3 Å². The minimum Gasteiger partial charge on any atom is -0.339 e. The fourth-order valence-corrected chi connectivity index (χ4v) is 4.03. The molecule has 3 rings (SSSR count). The Hall–Kier alpha value is -3.01. The molecule has 0 unspecified atom stereocenters. The molecule has 2 aromatic heterocycles. The lowest BCUT2D eigenvalue weighted by atomic mass is 9.94. The third-order valence-corrected chi connectivity index (χ3v) is 5.61. The zero-order chi connectivity index (χ0) is 20.6. The second-order valence-corrected chi connectivity index (χ2v) is 7.84. The van der Waals surface area contributed by atoms with Crippen LogP contribution in [0.4, 0.5) is 10.9 Å². The fourth-order valence-electron chi connectivity index (χ4n) is 3.34. The van der Waals surface area contributed by atoms with Crippen molar-refractivity contribution in [3.05, 3.63) is 35.0 Å². The lowest BCUT2D eigenvalue weighted by Crippen LogP contribution is -2.34. The Morgan fingerprint density at radius 2 is 2.24 bits per heavy atom. The van der Waals surface area contributed by atoms with Crippen molar-refractivity contribution in [2.24, 2.45) is 0 Å². The molecule has 8 nitrogen and oxygen atoms in total. The number of likely N-dealkylation sites (tertiary alicyclic amines) is 1. The molecule has 29 heavy (non-hydrogen) atoms. The van der Waals surface area contributed by atoms with Crippen molar-refractivity contribution in [2.75, 3.05) is 38.5 Å². The number of pyridine rings is 1. The zero-order valence-corrected chi connectivity index (χ0v) is 17.2. The van der Waals surface area contributed by atoms with Crippen LogP contribution in [-0.2, 0) is 0 Å². The van der Waals surface area contributed by atoms with E-state index >= 15 is 0 Å².